The molecule has 7 heteroatoms. The Hall–Kier alpha value is -1.57. The highest BCUT2D eigenvalue weighted by Crippen LogP contribution is 2.24. The summed E-state index contributed by atoms with van der Waals surface area (Å²) in [7, 11) is -3.66. The smallest absolute Gasteiger partial charge is 0.244 e. The minimum atomic E-state index is -3.66. The molecule has 0 aliphatic heterocycles. The Morgan fingerprint density at radius 2 is 2.10 bits per heavy atom. The molecule has 0 spiro atoms. The summed E-state index contributed by atoms with van der Waals surface area (Å²) in [5.74, 6) is 0. The second-order valence-electron chi connectivity index (χ2n) is 4.63. The third kappa shape index (κ3) is 3.37. The fourth-order valence-corrected chi connectivity index (χ4v) is 4.10. The molecular formula is C14H17N3O2S2. The number of pyridine rings is 1. The maximum Gasteiger partial charge on any atom is 0.244 e. The molecule has 0 aliphatic carbocycles. The summed E-state index contributed by atoms with van der Waals surface area (Å²) in [5.41, 5.74) is 6.17. The Kier molecular flexibility index (Phi) is 4.87. The third-order valence-electron chi connectivity index (χ3n) is 3.03. The fraction of sp³-hybridized carbons (Fsp3) is 0.286. The van der Waals surface area contributed by atoms with Gasteiger partial charge in [0.1, 0.15) is 0 Å². The maximum absolute atomic E-state index is 12.9. The van der Waals surface area contributed by atoms with Crippen LogP contribution in [0.3, 0.4) is 0 Å². The lowest BCUT2D eigenvalue weighted by molar-refractivity contribution is 0.450. The van der Waals surface area contributed by atoms with Crippen LogP contribution < -0.4 is 5.73 Å². The SMILES string of the molecule is CCCN(CC(N)=S)S(=O)(=O)c1cccc2ncccc12. The second-order valence-corrected chi connectivity index (χ2v) is 7.06. The number of sulfonamides is 1. The molecule has 1 heterocycles. The van der Waals surface area contributed by atoms with E-state index in [0.717, 1.165) is 0 Å². The summed E-state index contributed by atoms with van der Waals surface area (Å²) in [5, 5.41) is 0.601. The molecule has 2 rings (SSSR count). The van der Waals surface area contributed by atoms with E-state index in [1.807, 2.05) is 6.92 Å². The van der Waals surface area contributed by atoms with Crippen LogP contribution in [0.1, 0.15) is 13.3 Å². The van der Waals surface area contributed by atoms with Crippen molar-refractivity contribution in [2.24, 2.45) is 5.73 Å². The van der Waals surface area contributed by atoms with Gasteiger partial charge in [-0.15, -0.1) is 0 Å². The molecule has 2 N–H and O–H groups in total. The summed E-state index contributed by atoms with van der Waals surface area (Å²) >= 11 is 4.86. The molecule has 5 nitrogen and oxygen atoms in total. The summed E-state index contributed by atoms with van der Waals surface area (Å²) in [4.78, 5) is 4.58. The van der Waals surface area contributed by atoms with Gasteiger partial charge < -0.3 is 5.73 Å². The zero-order chi connectivity index (χ0) is 15.5. The van der Waals surface area contributed by atoms with Gasteiger partial charge in [0.2, 0.25) is 10.0 Å². The zero-order valence-electron chi connectivity index (χ0n) is 11.7. The van der Waals surface area contributed by atoms with Crippen LogP contribution in [0.4, 0.5) is 0 Å². The standard InChI is InChI=1S/C14H17N3O2S2/c1-2-9-17(10-14(15)20)21(18,19)13-7-3-6-12-11(13)5-4-8-16-12/h3-8H,2,9-10H2,1H3,(H2,15,20). The number of nitrogens with zero attached hydrogens (tertiary/aromatic N) is 2. The number of rotatable bonds is 6. The quantitative estimate of drug-likeness (QED) is 0.822. The first-order valence-electron chi connectivity index (χ1n) is 6.59. The van der Waals surface area contributed by atoms with E-state index in [4.69, 9.17) is 18.0 Å². The van der Waals surface area contributed by atoms with Crippen LogP contribution in [0.15, 0.2) is 41.4 Å². The fourth-order valence-electron chi connectivity index (χ4n) is 2.15. The van der Waals surface area contributed by atoms with Gasteiger partial charge in [-0.25, -0.2) is 8.42 Å². The molecule has 0 atom stereocenters. The minimum absolute atomic E-state index is 0.0438. The van der Waals surface area contributed by atoms with Gasteiger partial charge in [0.15, 0.2) is 0 Å². The van der Waals surface area contributed by atoms with Gasteiger partial charge in [-0.2, -0.15) is 4.31 Å². The third-order valence-corrected chi connectivity index (χ3v) is 5.06. The molecule has 1 aromatic carbocycles. The molecule has 0 saturated heterocycles. The number of nitrogens with two attached hydrogens (primary N) is 1. The number of benzene rings is 1. The Labute approximate surface area is 129 Å². The van der Waals surface area contributed by atoms with Crippen LogP contribution in [-0.4, -0.2) is 35.8 Å². The second kappa shape index (κ2) is 6.46. The van der Waals surface area contributed by atoms with E-state index in [0.29, 0.717) is 23.9 Å². The Morgan fingerprint density at radius 1 is 1.33 bits per heavy atom. The van der Waals surface area contributed by atoms with E-state index in [1.54, 1.807) is 36.5 Å². The first kappa shape index (κ1) is 15.8. The van der Waals surface area contributed by atoms with E-state index in [1.165, 1.54) is 4.31 Å². The number of hydrogen-bond acceptors (Lipinski definition) is 4. The highest BCUT2D eigenvalue weighted by atomic mass is 32.2. The van der Waals surface area contributed by atoms with Crippen molar-refractivity contribution in [1.29, 1.82) is 0 Å². The van der Waals surface area contributed by atoms with Crippen molar-refractivity contribution in [3.63, 3.8) is 0 Å². The number of fused-ring (bicyclic) bond motifs is 1. The highest BCUT2D eigenvalue weighted by Gasteiger charge is 2.26. The van der Waals surface area contributed by atoms with Crippen LogP contribution in [0.5, 0.6) is 0 Å². The summed E-state index contributed by atoms with van der Waals surface area (Å²) < 4.78 is 27.0. The van der Waals surface area contributed by atoms with Gasteiger partial charge in [-0.1, -0.05) is 25.2 Å². The van der Waals surface area contributed by atoms with Gasteiger partial charge in [0.05, 0.1) is 21.9 Å². The molecule has 0 bridgehead atoms. The van der Waals surface area contributed by atoms with Gasteiger partial charge in [-0.3, -0.25) is 4.98 Å². The van der Waals surface area contributed by atoms with Crippen molar-refractivity contribution in [1.82, 2.24) is 9.29 Å². The molecule has 2 aromatic rings. The average molecular weight is 323 g/mol. The molecule has 0 amide bonds. The first-order valence-corrected chi connectivity index (χ1v) is 8.44. The molecule has 0 aliphatic rings. The van der Waals surface area contributed by atoms with E-state index in [-0.39, 0.29) is 16.4 Å². The Bertz CT molecular complexity index is 754. The Balaban J connectivity index is 2.56. The Morgan fingerprint density at radius 3 is 2.76 bits per heavy atom. The van der Waals surface area contributed by atoms with Crippen molar-refractivity contribution in [2.45, 2.75) is 18.2 Å². The number of aromatic nitrogens is 1. The summed E-state index contributed by atoms with van der Waals surface area (Å²) in [6.45, 7) is 2.32. The highest BCUT2D eigenvalue weighted by molar-refractivity contribution is 7.89. The van der Waals surface area contributed by atoms with E-state index < -0.39 is 10.0 Å². The monoisotopic (exact) mass is 323 g/mol. The van der Waals surface area contributed by atoms with E-state index >= 15 is 0 Å². The predicted molar refractivity (Wildman–Crippen MR) is 87.6 cm³/mol. The maximum atomic E-state index is 12.9. The van der Waals surface area contributed by atoms with Crippen LogP contribution in [-0.2, 0) is 10.0 Å². The van der Waals surface area contributed by atoms with Crippen molar-refractivity contribution in [3.8, 4) is 0 Å². The van der Waals surface area contributed by atoms with Crippen LogP contribution in [0.2, 0.25) is 0 Å². The first-order chi connectivity index (χ1) is 9.96. The van der Waals surface area contributed by atoms with Gasteiger partial charge in [-0.05, 0) is 30.7 Å². The van der Waals surface area contributed by atoms with Crippen molar-refractivity contribution >= 4 is 38.1 Å². The molecule has 21 heavy (non-hydrogen) atoms. The predicted octanol–water partition coefficient (Wildman–Crippen LogP) is 1.92. The number of thiocarbonyl (C=S) groups is 1. The minimum Gasteiger partial charge on any atom is -0.392 e. The van der Waals surface area contributed by atoms with Crippen molar-refractivity contribution < 1.29 is 8.42 Å². The molecule has 0 fully saturated rings. The number of hydrogen-bond donors (Lipinski definition) is 1. The molecule has 1 aromatic heterocycles. The lowest BCUT2D eigenvalue weighted by atomic mass is 10.2. The molecule has 112 valence electrons. The summed E-state index contributed by atoms with van der Waals surface area (Å²) in [6.07, 6.45) is 2.32. The van der Waals surface area contributed by atoms with Gasteiger partial charge >= 0.3 is 0 Å². The average Bonchev–Trinajstić information content (AvgIpc) is 2.45. The molecular weight excluding hydrogens is 306 g/mol. The van der Waals surface area contributed by atoms with Crippen molar-refractivity contribution in [2.75, 3.05) is 13.1 Å². The van der Waals surface area contributed by atoms with Crippen molar-refractivity contribution in [3.05, 3.63) is 36.5 Å². The largest absolute Gasteiger partial charge is 0.392 e. The molecule has 0 radical (unpaired) electrons. The van der Waals surface area contributed by atoms with Crippen LogP contribution in [0.25, 0.3) is 10.9 Å². The normalized spacial score (nSPS) is 11.9. The lowest BCUT2D eigenvalue weighted by Crippen LogP contribution is -2.38. The lowest BCUT2D eigenvalue weighted by Gasteiger charge is -2.21. The topological polar surface area (TPSA) is 76.3 Å². The zero-order valence-corrected chi connectivity index (χ0v) is 13.3. The molecule has 0 unspecified atom stereocenters. The van der Waals surface area contributed by atoms with Crippen LogP contribution in [0, 0.1) is 0 Å². The molecule has 0 saturated carbocycles. The van der Waals surface area contributed by atoms with Gasteiger partial charge in [0, 0.05) is 18.1 Å². The van der Waals surface area contributed by atoms with E-state index in [9.17, 15) is 8.42 Å². The summed E-state index contributed by atoms with van der Waals surface area (Å²) in [6, 6.07) is 8.53. The van der Waals surface area contributed by atoms with Gasteiger partial charge in [0.25, 0.3) is 0 Å². The van der Waals surface area contributed by atoms with E-state index in [2.05, 4.69) is 4.98 Å². The van der Waals surface area contributed by atoms with Crippen LogP contribution >= 0.6 is 12.2 Å².